The molecule has 8 heteroatoms. The predicted octanol–water partition coefficient (Wildman–Crippen LogP) is 1.55. The number of nitrogens with zero attached hydrogens (tertiary/aromatic N) is 2. The number of unbranched alkanes of at least 4 members (excludes halogenated alkanes) is 1. The summed E-state index contributed by atoms with van der Waals surface area (Å²) in [5, 5.41) is 5.15. The third-order valence-electron chi connectivity index (χ3n) is 2.73. The van der Waals surface area contributed by atoms with Gasteiger partial charge in [-0.15, -0.1) is 0 Å². The number of nitrogens with two attached hydrogens (primary N) is 1. The van der Waals surface area contributed by atoms with Gasteiger partial charge in [-0.05, 0) is 47.5 Å². The number of hydrogen-bond acceptors (Lipinski definition) is 4. The second-order valence-corrected chi connectivity index (χ2v) is 7.86. The van der Waals surface area contributed by atoms with Gasteiger partial charge in [0.1, 0.15) is 5.60 Å². The van der Waals surface area contributed by atoms with Crippen LogP contribution in [-0.4, -0.2) is 55.5 Å². The van der Waals surface area contributed by atoms with E-state index in [1.54, 1.807) is 20.9 Å². The minimum Gasteiger partial charge on any atom is -0.444 e. The summed E-state index contributed by atoms with van der Waals surface area (Å²) < 4.78 is 29.3. The predicted molar refractivity (Wildman–Crippen MR) is 83.0 cm³/mol. The van der Waals surface area contributed by atoms with E-state index < -0.39 is 15.8 Å². The molecule has 0 aromatic rings. The van der Waals surface area contributed by atoms with Crippen LogP contribution in [0.1, 0.15) is 47.5 Å². The molecule has 7 nitrogen and oxygen atoms in total. The zero-order chi connectivity index (χ0) is 16.8. The van der Waals surface area contributed by atoms with Crippen LogP contribution in [0.2, 0.25) is 0 Å². The second kappa shape index (κ2) is 7.95. The zero-order valence-electron chi connectivity index (χ0n) is 13.9. The molecular weight excluding hydrogens is 294 g/mol. The van der Waals surface area contributed by atoms with Gasteiger partial charge in [0.25, 0.3) is 10.2 Å². The van der Waals surface area contributed by atoms with E-state index in [-0.39, 0.29) is 12.1 Å². The lowest BCUT2D eigenvalue weighted by Gasteiger charge is -2.25. The van der Waals surface area contributed by atoms with Gasteiger partial charge in [-0.25, -0.2) is 9.93 Å². The van der Waals surface area contributed by atoms with E-state index in [0.717, 1.165) is 0 Å². The molecule has 0 saturated carbocycles. The van der Waals surface area contributed by atoms with Crippen LogP contribution in [0.15, 0.2) is 0 Å². The summed E-state index contributed by atoms with van der Waals surface area (Å²) in [7, 11) is -2.02. The molecule has 21 heavy (non-hydrogen) atoms. The van der Waals surface area contributed by atoms with Crippen molar-refractivity contribution >= 4 is 16.3 Å². The van der Waals surface area contributed by atoms with Gasteiger partial charge in [-0.1, -0.05) is 0 Å². The first-order valence-electron chi connectivity index (χ1n) is 7.08. The average Bonchev–Trinajstić information content (AvgIpc) is 2.23. The van der Waals surface area contributed by atoms with Crippen molar-refractivity contribution in [3.8, 4) is 0 Å². The summed E-state index contributed by atoms with van der Waals surface area (Å²) in [6.07, 6.45) is 0.922. The monoisotopic (exact) mass is 323 g/mol. The maximum atomic E-state index is 11.7. The summed E-state index contributed by atoms with van der Waals surface area (Å²) in [4.78, 5) is 13.2. The minimum atomic E-state index is -3.68. The first-order chi connectivity index (χ1) is 9.34. The van der Waals surface area contributed by atoms with Crippen LogP contribution < -0.4 is 5.14 Å². The molecule has 0 radical (unpaired) electrons. The summed E-state index contributed by atoms with van der Waals surface area (Å²) in [6.45, 7) is 9.83. The molecule has 0 aliphatic rings. The lowest BCUT2D eigenvalue weighted by molar-refractivity contribution is 0.0295. The van der Waals surface area contributed by atoms with Crippen molar-refractivity contribution in [1.29, 1.82) is 0 Å². The molecule has 0 aromatic heterocycles. The van der Waals surface area contributed by atoms with Crippen molar-refractivity contribution in [2.24, 2.45) is 5.14 Å². The highest BCUT2D eigenvalue weighted by Crippen LogP contribution is 2.10. The molecule has 0 unspecified atom stereocenters. The third kappa shape index (κ3) is 8.90. The Kier molecular flexibility index (Phi) is 7.63. The van der Waals surface area contributed by atoms with Gasteiger partial charge >= 0.3 is 6.09 Å². The normalized spacial score (nSPS) is 12.8. The van der Waals surface area contributed by atoms with Crippen molar-refractivity contribution < 1.29 is 17.9 Å². The highest BCUT2D eigenvalue weighted by Gasteiger charge is 2.21. The molecule has 0 spiro atoms. The first-order valence-corrected chi connectivity index (χ1v) is 8.58. The van der Waals surface area contributed by atoms with Gasteiger partial charge < -0.3 is 9.64 Å². The number of carbonyl (C=O) groups excluding carboxylic acids is 1. The minimum absolute atomic E-state index is 0.177. The van der Waals surface area contributed by atoms with E-state index >= 15 is 0 Å². The molecule has 0 fully saturated rings. The van der Waals surface area contributed by atoms with Crippen LogP contribution in [0.4, 0.5) is 4.79 Å². The number of rotatable bonds is 7. The number of hydrogen-bond donors (Lipinski definition) is 1. The molecule has 2 N–H and O–H groups in total. The molecule has 0 bridgehead atoms. The Bertz CT molecular complexity index is 429. The molecule has 0 aromatic carbocycles. The Morgan fingerprint density at radius 3 is 2.05 bits per heavy atom. The summed E-state index contributed by atoms with van der Waals surface area (Å²) in [5.74, 6) is 0. The SMILES string of the molecule is CC(C)N(CCCCN(C)C(=O)OC(C)(C)C)S(N)(=O)=O. The van der Waals surface area contributed by atoms with Crippen LogP contribution in [0.3, 0.4) is 0 Å². The molecule has 0 rings (SSSR count). The standard InChI is InChI=1S/C13H29N3O4S/c1-11(2)16(21(14,18)19)10-8-7-9-15(6)12(17)20-13(3,4)5/h11H,7-10H2,1-6H3,(H2,14,18,19). The smallest absolute Gasteiger partial charge is 0.410 e. The lowest BCUT2D eigenvalue weighted by Crippen LogP contribution is -2.42. The van der Waals surface area contributed by atoms with Crippen molar-refractivity contribution in [2.75, 3.05) is 20.1 Å². The van der Waals surface area contributed by atoms with Gasteiger partial charge in [0.05, 0.1) is 0 Å². The molecule has 0 aliphatic heterocycles. The summed E-state index contributed by atoms with van der Waals surface area (Å²) in [5.41, 5.74) is -0.520. The van der Waals surface area contributed by atoms with Crippen LogP contribution >= 0.6 is 0 Å². The highest BCUT2D eigenvalue weighted by atomic mass is 32.2. The third-order valence-corrected chi connectivity index (χ3v) is 3.99. The fourth-order valence-electron chi connectivity index (χ4n) is 1.73. The van der Waals surface area contributed by atoms with Crippen LogP contribution in [-0.2, 0) is 14.9 Å². The van der Waals surface area contributed by atoms with Crippen molar-refractivity contribution in [2.45, 2.75) is 59.1 Å². The van der Waals surface area contributed by atoms with Crippen LogP contribution in [0.5, 0.6) is 0 Å². The van der Waals surface area contributed by atoms with E-state index in [1.165, 1.54) is 9.21 Å². The topological polar surface area (TPSA) is 92.9 Å². The number of ether oxygens (including phenoxy) is 1. The Morgan fingerprint density at radius 2 is 1.67 bits per heavy atom. The molecule has 0 heterocycles. The maximum Gasteiger partial charge on any atom is 0.410 e. The average molecular weight is 323 g/mol. The van der Waals surface area contributed by atoms with Crippen molar-refractivity contribution in [1.82, 2.24) is 9.21 Å². The van der Waals surface area contributed by atoms with E-state index in [0.29, 0.717) is 25.9 Å². The van der Waals surface area contributed by atoms with E-state index in [4.69, 9.17) is 9.88 Å². The molecule has 0 atom stereocenters. The lowest BCUT2D eigenvalue weighted by atomic mass is 10.2. The highest BCUT2D eigenvalue weighted by molar-refractivity contribution is 7.86. The van der Waals surface area contributed by atoms with E-state index in [9.17, 15) is 13.2 Å². The summed E-state index contributed by atoms with van der Waals surface area (Å²) >= 11 is 0. The molecular formula is C13H29N3O4S. The van der Waals surface area contributed by atoms with Crippen molar-refractivity contribution in [3.05, 3.63) is 0 Å². The van der Waals surface area contributed by atoms with Gasteiger partial charge in [0, 0.05) is 26.2 Å². The fourth-order valence-corrected chi connectivity index (χ4v) is 2.70. The first kappa shape index (κ1) is 20.1. The van der Waals surface area contributed by atoms with Crippen LogP contribution in [0.25, 0.3) is 0 Å². The van der Waals surface area contributed by atoms with E-state index in [2.05, 4.69) is 0 Å². The molecule has 0 saturated heterocycles. The van der Waals surface area contributed by atoms with Gasteiger partial charge in [-0.3, -0.25) is 0 Å². The quantitative estimate of drug-likeness (QED) is 0.719. The van der Waals surface area contributed by atoms with Crippen LogP contribution in [0, 0.1) is 0 Å². The second-order valence-electron chi connectivity index (χ2n) is 6.36. The van der Waals surface area contributed by atoms with Gasteiger partial charge in [-0.2, -0.15) is 12.7 Å². The maximum absolute atomic E-state index is 11.7. The van der Waals surface area contributed by atoms with Gasteiger partial charge in [0.2, 0.25) is 0 Å². The Hall–Kier alpha value is -0.860. The Morgan fingerprint density at radius 1 is 1.19 bits per heavy atom. The Balaban J connectivity index is 4.18. The zero-order valence-corrected chi connectivity index (χ0v) is 14.7. The molecule has 0 aliphatic carbocycles. The van der Waals surface area contributed by atoms with Crippen molar-refractivity contribution in [3.63, 3.8) is 0 Å². The molecule has 1 amide bonds. The van der Waals surface area contributed by atoms with E-state index in [1.807, 2.05) is 20.8 Å². The fraction of sp³-hybridized carbons (Fsp3) is 0.923. The Labute approximate surface area is 128 Å². The number of carbonyl (C=O) groups is 1. The largest absolute Gasteiger partial charge is 0.444 e. The summed E-state index contributed by atoms with van der Waals surface area (Å²) in [6, 6.07) is -0.177. The molecule has 126 valence electrons. The number of amides is 1. The van der Waals surface area contributed by atoms with Gasteiger partial charge in [0.15, 0.2) is 0 Å².